The molecule has 0 saturated carbocycles. The fourth-order valence-corrected chi connectivity index (χ4v) is 3.01. The van der Waals surface area contributed by atoms with Crippen LogP contribution in [-0.2, 0) is 13.3 Å². The van der Waals surface area contributed by atoms with Gasteiger partial charge in [0.2, 0.25) is 0 Å². The zero-order valence-electron chi connectivity index (χ0n) is 9.79. The molecule has 0 aliphatic rings. The third-order valence-corrected chi connectivity index (χ3v) is 5.27. The molecule has 0 aromatic carbocycles. The van der Waals surface area contributed by atoms with Gasteiger partial charge < -0.3 is 30.5 Å². The van der Waals surface area contributed by atoms with E-state index in [1.54, 1.807) is 21.3 Å². The molecule has 15 heavy (non-hydrogen) atoms. The minimum atomic E-state index is -2.48. The Balaban J connectivity index is 4.02. The highest BCUT2D eigenvalue weighted by atomic mass is 28.4. The van der Waals surface area contributed by atoms with E-state index in [2.05, 4.69) is 0 Å². The van der Waals surface area contributed by atoms with Crippen molar-refractivity contribution >= 4 is 8.80 Å². The van der Waals surface area contributed by atoms with E-state index in [1.165, 1.54) is 0 Å². The van der Waals surface area contributed by atoms with Crippen molar-refractivity contribution in [2.45, 2.75) is 24.5 Å². The minimum Gasteiger partial charge on any atom is -0.377 e. The van der Waals surface area contributed by atoms with Crippen molar-refractivity contribution < 1.29 is 13.3 Å². The molecule has 0 radical (unpaired) electrons. The standard InChI is InChI=1S/C8H23N3O3Si/c1-12-15(13-2,14-3)6-4-5-8(10,11)7-9/h4-7,9-11H2,1-3H3. The Labute approximate surface area is 92.4 Å². The van der Waals surface area contributed by atoms with Gasteiger partial charge in [0.25, 0.3) is 0 Å². The largest absolute Gasteiger partial charge is 0.500 e. The van der Waals surface area contributed by atoms with Gasteiger partial charge in [-0.25, -0.2) is 0 Å². The van der Waals surface area contributed by atoms with Crippen molar-refractivity contribution in [2.75, 3.05) is 27.9 Å². The molecule has 0 unspecified atom stereocenters. The van der Waals surface area contributed by atoms with E-state index in [1.807, 2.05) is 0 Å². The van der Waals surface area contributed by atoms with E-state index in [0.717, 1.165) is 6.42 Å². The van der Waals surface area contributed by atoms with Crippen LogP contribution >= 0.6 is 0 Å². The topological polar surface area (TPSA) is 106 Å². The number of hydrogen-bond donors (Lipinski definition) is 3. The Morgan fingerprint density at radius 2 is 1.53 bits per heavy atom. The Morgan fingerprint density at radius 3 is 1.87 bits per heavy atom. The Bertz CT molecular complexity index is 168. The smallest absolute Gasteiger partial charge is 0.377 e. The molecule has 0 aliphatic heterocycles. The Morgan fingerprint density at radius 1 is 1.07 bits per heavy atom. The first-order valence-corrected chi connectivity index (χ1v) is 6.82. The summed E-state index contributed by atoms with van der Waals surface area (Å²) in [4.78, 5) is 0. The second-order valence-corrected chi connectivity index (χ2v) is 6.68. The predicted molar refractivity (Wildman–Crippen MR) is 61.0 cm³/mol. The van der Waals surface area contributed by atoms with Crippen LogP contribution < -0.4 is 17.2 Å². The van der Waals surface area contributed by atoms with Crippen LogP contribution in [0.5, 0.6) is 0 Å². The first-order chi connectivity index (χ1) is 6.95. The van der Waals surface area contributed by atoms with Crippen molar-refractivity contribution in [1.82, 2.24) is 0 Å². The maximum Gasteiger partial charge on any atom is 0.500 e. The molecule has 6 nitrogen and oxygen atoms in total. The van der Waals surface area contributed by atoms with Crippen molar-refractivity contribution in [3.63, 3.8) is 0 Å². The molecule has 0 heterocycles. The maximum atomic E-state index is 5.72. The van der Waals surface area contributed by atoms with Crippen molar-refractivity contribution in [3.05, 3.63) is 0 Å². The first-order valence-electron chi connectivity index (χ1n) is 4.88. The van der Waals surface area contributed by atoms with Gasteiger partial charge in [-0.3, -0.25) is 0 Å². The number of hydrogen-bond acceptors (Lipinski definition) is 6. The maximum absolute atomic E-state index is 5.72. The summed E-state index contributed by atoms with van der Waals surface area (Å²) in [6.07, 6.45) is 1.39. The van der Waals surface area contributed by atoms with Crippen LogP contribution in [0.3, 0.4) is 0 Å². The van der Waals surface area contributed by atoms with Gasteiger partial charge in [-0.05, 0) is 12.8 Å². The highest BCUT2D eigenvalue weighted by Crippen LogP contribution is 2.17. The fraction of sp³-hybridized carbons (Fsp3) is 1.00. The van der Waals surface area contributed by atoms with Gasteiger partial charge in [0, 0.05) is 33.9 Å². The first kappa shape index (κ1) is 15.0. The van der Waals surface area contributed by atoms with Gasteiger partial charge in [0.15, 0.2) is 0 Å². The molecule has 6 N–H and O–H groups in total. The normalized spacial score (nSPS) is 13.2. The molecular weight excluding hydrogens is 214 g/mol. The number of nitrogens with two attached hydrogens (primary N) is 3. The quantitative estimate of drug-likeness (QED) is 0.378. The van der Waals surface area contributed by atoms with Gasteiger partial charge in [-0.15, -0.1) is 0 Å². The molecule has 0 saturated heterocycles. The molecule has 0 aromatic rings. The molecular formula is C8H23N3O3Si. The second-order valence-electron chi connectivity index (χ2n) is 3.59. The molecule has 92 valence electrons. The van der Waals surface area contributed by atoms with Gasteiger partial charge in [0.1, 0.15) is 0 Å². The van der Waals surface area contributed by atoms with Crippen LogP contribution in [0.2, 0.25) is 6.04 Å². The number of rotatable bonds is 8. The summed E-state index contributed by atoms with van der Waals surface area (Å²) in [6.45, 7) is 0.258. The lowest BCUT2D eigenvalue weighted by molar-refractivity contribution is 0.122. The van der Waals surface area contributed by atoms with Gasteiger partial charge >= 0.3 is 8.80 Å². The summed E-state index contributed by atoms with van der Waals surface area (Å²) in [5.74, 6) is 0. The van der Waals surface area contributed by atoms with E-state index < -0.39 is 14.5 Å². The zero-order valence-corrected chi connectivity index (χ0v) is 10.8. The summed E-state index contributed by atoms with van der Waals surface area (Å²) in [7, 11) is 2.27. The van der Waals surface area contributed by atoms with Crippen LogP contribution in [0.4, 0.5) is 0 Å². The van der Waals surface area contributed by atoms with E-state index in [0.29, 0.717) is 12.5 Å². The van der Waals surface area contributed by atoms with Crippen molar-refractivity contribution in [3.8, 4) is 0 Å². The molecule has 0 aliphatic carbocycles. The average molecular weight is 237 g/mol. The van der Waals surface area contributed by atoms with Crippen LogP contribution in [0.15, 0.2) is 0 Å². The van der Waals surface area contributed by atoms with Crippen LogP contribution in [0.25, 0.3) is 0 Å². The SMILES string of the molecule is CO[Si](CCCC(N)(N)CN)(OC)OC. The van der Waals surface area contributed by atoms with Gasteiger partial charge in [-0.2, -0.15) is 0 Å². The van der Waals surface area contributed by atoms with Crippen molar-refractivity contribution in [1.29, 1.82) is 0 Å². The van der Waals surface area contributed by atoms with Crippen LogP contribution in [0, 0.1) is 0 Å². The molecule has 0 bridgehead atoms. The average Bonchev–Trinajstić information content (AvgIpc) is 2.25. The van der Waals surface area contributed by atoms with Gasteiger partial charge in [0.05, 0.1) is 5.66 Å². The minimum absolute atomic E-state index is 0.258. The monoisotopic (exact) mass is 237 g/mol. The summed E-state index contributed by atoms with van der Waals surface area (Å²) < 4.78 is 15.8. The molecule has 0 aromatic heterocycles. The predicted octanol–water partition coefficient (Wildman–Crippen LogP) is -0.783. The van der Waals surface area contributed by atoms with E-state index in [-0.39, 0.29) is 6.54 Å². The Hall–Kier alpha value is -0.0231. The summed E-state index contributed by atoms with van der Waals surface area (Å²) in [5, 5.41) is 0. The third-order valence-electron chi connectivity index (χ3n) is 2.44. The van der Waals surface area contributed by atoms with E-state index in [4.69, 9.17) is 30.5 Å². The molecule has 0 amide bonds. The van der Waals surface area contributed by atoms with E-state index >= 15 is 0 Å². The Kier molecular flexibility index (Phi) is 6.53. The molecule has 0 rings (SSSR count). The van der Waals surface area contributed by atoms with E-state index in [9.17, 15) is 0 Å². The molecule has 0 fully saturated rings. The summed E-state index contributed by atoms with van der Waals surface area (Å²) >= 11 is 0. The van der Waals surface area contributed by atoms with Crippen molar-refractivity contribution in [2.24, 2.45) is 17.2 Å². The molecule has 7 heteroatoms. The fourth-order valence-electron chi connectivity index (χ4n) is 1.29. The summed E-state index contributed by atoms with van der Waals surface area (Å²) in [6, 6.07) is 0.687. The third kappa shape index (κ3) is 5.02. The second kappa shape index (κ2) is 6.54. The highest BCUT2D eigenvalue weighted by molar-refractivity contribution is 6.60. The van der Waals surface area contributed by atoms with Gasteiger partial charge in [-0.1, -0.05) is 0 Å². The lowest BCUT2D eigenvalue weighted by Gasteiger charge is -2.27. The zero-order chi connectivity index (χ0) is 11.9. The highest BCUT2D eigenvalue weighted by Gasteiger charge is 2.37. The lowest BCUT2D eigenvalue weighted by atomic mass is 10.1. The van der Waals surface area contributed by atoms with Crippen LogP contribution in [0.1, 0.15) is 12.8 Å². The molecule has 0 spiro atoms. The molecule has 0 atom stereocenters. The lowest BCUT2D eigenvalue weighted by Crippen LogP contribution is -2.55. The van der Waals surface area contributed by atoms with Crippen LogP contribution in [-0.4, -0.2) is 42.3 Å². The summed E-state index contributed by atoms with van der Waals surface area (Å²) in [5.41, 5.74) is 16.0.